The van der Waals surface area contributed by atoms with Crippen LogP contribution in [0.4, 0.5) is 5.13 Å². The first-order chi connectivity index (χ1) is 14.1. The van der Waals surface area contributed by atoms with Crippen LogP contribution in [0.3, 0.4) is 0 Å². The van der Waals surface area contributed by atoms with Gasteiger partial charge in [-0.3, -0.25) is 4.79 Å². The monoisotopic (exact) mass is 443 g/mol. The summed E-state index contributed by atoms with van der Waals surface area (Å²) >= 11 is 13.7. The number of aromatic nitrogens is 1. The fourth-order valence-corrected chi connectivity index (χ4v) is 4.17. The molecule has 0 spiro atoms. The van der Waals surface area contributed by atoms with E-state index in [1.54, 1.807) is 48.0 Å². The third-order valence-corrected chi connectivity index (χ3v) is 5.65. The zero-order chi connectivity index (χ0) is 20.0. The van der Waals surface area contributed by atoms with Crippen molar-refractivity contribution < 1.29 is 14.3 Å². The maximum Gasteiger partial charge on any atom is 0.284 e. The van der Waals surface area contributed by atoms with Gasteiger partial charge in [-0.2, -0.15) is 0 Å². The van der Waals surface area contributed by atoms with Crippen molar-refractivity contribution in [3.8, 4) is 11.5 Å². The Morgan fingerprint density at radius 2 is 1.97 bits per heavy atom. The number of nitrogens with zero attached hydrogens (tertiary/aromatic N) is 3. The molecule has 3 aromatic rings. The second-order valence-corrected chi connectivity index (χ2v) is 7.87. The van der Waals surface area contributed by atoms with Crippen LogP contribution in [0.5, 0.6) is 11.5 Å². The van der Waals surface area contributed by atoms with E-state index >= 15 is 0 Å². The first kappa shape index (κ1) is 18.2. The van der Waals surface area contributed by atoms with Gasteiger partial charge in [-0.15, -0.1) is 11.3 Å². The van der Waals surface area contributed by atoms with Crippen LogP contribution in [0.2, 0.25) is 10.0 Å². The molecule has 0 atom stereocenters. The highest BCUT2D eigenvalue weighted by Gasteiger charge is 2.35. The summed E-state index contributed by atoms with van der Waals surface area (Å²) in [7, 11) is 0. The summed E-state index contributed by atoms with van der Waals surface area (Å²) in [6.45, 7) is 0.184. The van der Waals surface area contributed by atoms with Gasteiger partial charge in [0, 0.05) is 22.2 Å². The van der Waals surface area contributed by atoms with E-state index in [0.29, 0.717) is 38.1 Å². The minimum absolute atomic E-state index is 0.184. The van der Waals surface area contributed by atoms with Crippen LogP contribution in [-0.2, 0) is 4.79 Å². The van der Waals surface area contributed by atoms with Crippen LogP contribution < -0.4 is 14.4 Å². The molecule has 0 saturated carbocycles. The summed E-state index contributed by atoms with van der Waals surface area (Å²) in [5.74, 6) is 1.41. The Labute approximate surface area is 179 Å². The molecule has 5 rings (SSSR count). The maximum absolute atomic E-state index is 13.2. The summed E-state index contributed by atoms with van der Waals surface area (Å²) in [6.07, 6.45) is 3.33. The number of anilines is 1. The Morgan fingerprint density at radius 1 is 1.10 bits per heavy atom. The van der Waals surface area contributed by atoms with Gasteiger partial charge < -0.3 is 9.47 Å². The van der Waals surface area contributed by atoms with E-state index in [1.165, 1.54) is 16.2 Å². The molecule has 0 bridgehead atoms. The first-order valence-corrected chi connectivity index (χ1v) is 10.1. The molecule has 0 unspecified atom stereocenters. The van der Waals surface area contributed by atoms with E-state index in [0.717, 1.165) is 5.56 Å². The molecule has 0 radical (unpaired) electrons. The maximum atomic E-state index is 13.2. The second-order valence-electron chi connectivity index (χ2n) is 6.16. The molecule has 2 aliphatic heterocycles. The number of rotatable bonds is 3. The van der Waals surface area contributed by atoms with Gasteiger partial charge in [0.05, 0.1) is 5.02 Å². The third kappa shape index (κ3) is 3.27. The number of hydrogen-bond acceptors (Lipinski definition) is 6. The number of thiazole rings is 1. The summed E-state index contributed by atoms with van der Waals surface area (Å²) in [6, 6.07) is 10.5. The van der Waals surface area contributed by atoms with E-state index < -0.39 is 0 Å². The van der Waals surface area contributed by atoms with Crippen molar-refractivity contribution in [2.75, 3.05) is 11.7 Å². The lowest BCUT2D eigenvalue weighted by molar-refractivity contribution is -0.113. The molecular weight excluding hydrogens is 433 g/mol. The van der Waals surface area contributed by atoms with Crippen LogP contribution in [-0.4, -0.2) is 23.5 Å². The predicted octanol–water partition coefficient (Wildman–Crippen LogP) is 5.01. The Balaban J connectivity index is 1.61. The van der Waals surface area contributed by atoms with E-state index in [-0.39, 0.29) is 18.4 Å². The average Bonchev–Trinajstić information content (AvgIpc) is 3.43. The number of carbonyl (C=O) groups is 1. The molecule has 6 nitrogen and oxygen atoms in total. The lowest BCUT2D eigenvalue weighted by Gasteiger charge is -2.15. The molecule has 1 aromatic heterocycles. The number of amides is 1. The van der Waals surface area contributed by atoms with E-state index in [9.17, 15) is 4.79 Å². The number of benzene rings is 2. The number of carbonyl (C=O) groups excluding carboxylic acids is 1. The zero-order valence-corrected chi connectivity index (χ0v) is 17.0. The lowest BCUT2D eigenvalue weighted by Crippen LogP contribution is -2.32. The van der Waals surface area contributed by atoms with Crippen molar-refractivity contribution in [3.63, 3.8) is 0 Å². The van der Waals surface area contributed by atoms with Gasteiger partial charge in [0.25, 0.3) is 5.91 Å². The highest BCUT2D eigenvalue weighted by molar-refractivity contribution is 7.14. The molecule has 2 aliphatic rings. The number of fused-ring (bicyclic) bond motifs is 1. The number of hydrogen-bond donors (Lipinski definition) is 0. The molecule has 0 aliphatic carbocycles. The van der Waals surface area contributed by atoms with Crippen molar-refractivity contribution in [1.82, 2.24) is 4.98 Å². The molecule has 0 saturated heterocycles. The van der Waals surface area contributed by atoms with Crippen LogP contribution in [0.25, 0.3) is 6.08 Å². The Kier molecular flexibility index (Phi) is 4.50. The Bertz CT molecular complexity index is 1190. The highest BCUT2D eigenvalue weighted by Crippen LogP contribution is 2.35. The normalized spacial score (nSPS) is 16.6. The molecule has 2 aromatic carbocycles. The first-order valence-electron chi connectivity index (χ1n) is 8.49. The van der Waals surface area contributed by atoms with E-state index in [4.69, 9.17) is 32.7 Å². The lowest BCUT2D eigenvalue weighted by atomic mass is 10.1. The van der Waals surface area contributed by atoms with Gasteiger partial charge in [0.1, 0.15) is 5.70 Å². The van der Waals surface area contributed by atoms with Crippen molar-refractivity contribution in [2.24, 2.45) is 4.99 Å². The summed E-state index contributed by atoms with van der Waals surface area (Å²) in [4.78, 5) is 23.5. The molecule has 3 heterocycles. The van der Waals surface area contributed by atoms with Crippen molar-refractivity contribution in [3.05, 3.63) is 74.8 Å². The number of halogens is 2. The smallest absolute Gasteiger partial charge is 0.284 e. The summed E-state index contributed by atoms with van der Waals surface area (Å²) in [5, 5.41) is 3.20. The van der Waals surface area contributed by atoms with Gasteiger partial charge >= 0.3 is 0 Å². The molecule has 29 heavy (non-hydrogen) atoms. The number of aliphatic imine (C=N–C) groups is 1. The van der Waals surface area contributed by atoms with Gasteiger partial charge in [-0.25, -0.2) is 14.9 Å². The van der Waals surface area contributed by atoms with Gasteiger partial charge in [0.15, 0.2) is 22.5 Å². The quantitative estimate of drug-likeness (QED) is 0.533. The van der Waals surface area contributed by atoms with Gasteiger partial charge in [0.2, 0.25) is 6.79 Å². The molecule has 9 heteroatoms. The zero-order valence-electron chi connectivity index (χ0n) is 14.6. The molecule has 0 fully saturated rings. The van der Waals surface area contributed by atoms with Crippen molar-refractivity contribution in [1.29, 1.82) is 0 Å². The minimum atomic E-state index is -0.293. The minimum Gasteiger partial charge on any atom is -0.454 e. The predicted molar refractivity (Wildman–Crippen MR) is 113 cm³/mol. The van der Waals surface area contributed by atoms with Gasteiger partial charge in [-0.05, 0) is 42.0 Å². The molecular formula is C20H11Cl2N3O3S. The number of amidine groups is 1. The van der Waals surface area contributed by atoms with Crippen LogP contribution >= 0.6 is 34.5 Å². The molecule has 0 N–H and O–H groups in total. The second kappa shape index (κ2) is 7.18. The highest BCUT2D eigenvalue weighted by atomic mass is 35.5. The molecule has 144 valence electrons. The number of ether oxygens (including phenoxy) is 2. The van der Waals surface area contributed by atoms with Crippen molar-refractivity contribution in [2.45, 2.75) is 0 Å². The summed E-state index contributed by atoms with van der Waals surface area (Å²) in [5.41, 5.74) is 1.62. The van der Waals surface area contributed by atoms with Crippen LogP contribution in [0.1, 0.15) is 11.1 Å². The SMILES string of the molecule is O=C1C(=Cc2ccc3c(c2)OCO3)N=C(c2ccc(Cl)cc2Cl)N1c1nccs1. The molecule has 1 amide bonds. The standard InChI is InChI=1S/C20H11Cl2N3O3S/c21-12-2-3-13(14(22)9-12)18-24-15(19(26)25(18)20-23-5-6-29-20)7-11-1-4-16-17(8-11)28-10-27-16/h1-9H,10H2. The van der Waals surface area contributed by atoms with Gasteiger partial charge in [-0.1, -0.05) is 29.3 Å². The Morgan fingerprint density at radius 3 is 2.76 bits per heavy atom. The van der Waals surface area contributed by atoms with Crippen LogP contribution in [0.15, 0.2) is 58.7 Å². The summed E-state index contributed by atoms with van der Waals surface area (Å²) < 4.78 is 10.7. The van der Waals surface area contributed by atoms with E-state index in [2.05, 4.69) is 9.98 Å². The third-order valence-electron chi connectivity index (χ3n) is 4.34. The average molecular weight is 444 g/mol. The topological polar surface area (TPSA) is 64.0 Å². The van der Waals surface area contributed by atoms with E-state index in [1.807, 2.05) is 6.07 Å². The largest absolute Gasteiger partial charge is 0.454 e. The fraction of sp³-hybridized carbons (Fsp3) is 0.0500. The Hall–Kier alpha value is -2.87. The van der Waals surface area contributed by atoms with Crippen LogP contribution in [0, 0.1) is 0 Å². The fourth-order valence-electron chi connectivity index (χ4n) is 3.03. The van der Waals surface area contributed by atoms with Crippen molar-refractivity contribution >= 4 is 57.5 Å².